The molecule has 2 rings (SSSR count). The van der Waals surface area contributed by atoms with Crippen LogP contribution in [-0.2, 0) is 4.79 Å². The molecule has 2 heterocycles. The second-order valence-corrected chi connectivity index (χ2v) is 4.53. The van der Waals surface area contributed by atoms with Crippen LogP contribution in [0.15, 0.2) is 18.3 Å². The van der Waals surface area contributed by atoms with Gasteiger partial charge in [0.05, 0.1) is 6.10 Å². The third kappa shape index (κ3) is 2.46. The van der Waals surface area contributed by atoms with E-state index in [4.69, 9.17) is 0 Å². The molecule has 1 unspecified atom stereocenters. The van der Waals surface area contributed by atoms with Crippen LogP contribution >= 0.6 is 0 Å². The topological polar surface area (TPSA) is 65.5 Å². The lowest BCUT2D eigenvalue weighted by Gasteiger charge is -2.35. The van der Waals surface area contributed by atoms with Crippen LogP contribution in [0, 0.1) is 0 Å². The molecule has 1 aliphatic rings. The van der Waals surface area contributed by atoms with Gasteiger partial charge in [-0.3, -0.25) is 4.79 Å². The van der Waals surface area contributed by atoms with Crippen LogP contribution in [0.25, 0.3) is 0 Å². The van der Waals surface area contributed by atoms with Gasteiger partial charge in [0, 0.05) is 19.3 Å². The normalized spacial score (nSPS) is 21.6. The van der Waals surface area contributed by atoms with Crippen LogP contribution in [-0.4, -0.2) is 35.1 Å². The fourth-order valence-electron chi connectivity index (χ4n) is 2.21. The van der Waals surface area contributed by atoms with Crippen molar-refractivity contribution in [3.63, 3.8) is 0 Å². The number of aromatic nitrogens is 1. The van der Waals surface area contributed by atoms with Crippen molar-refractivity contribution in [2.75, 3.05) is 18.0 Å². The predicted molar refractivity (Wildman–Crippen MR) is 69.3 cm³/mol. The zero-order valence-electron chi connectivity index (χ0n) is 10.8. The van der Waals surface area contributed by atoms with Gasteiger partial charge in [-0.1, -0.05) is 13.0 Å². The maximum absolute atomic E-state index is 11.8. The molecule has 1 aromatic rings. The first kappa shape index (κ1) is 12.8. The minimum atomic E-state index is -0.516. The van der Waals surface area contributed by atoms with E-state index < -0.39 is 6.10 Å². The molecule has 1 saturated heterocycles. The van der Waals surface area contributed by atoms with Crippen LogP contribution in [0.5, 0.6) is 0 Å². The van der Waals surface area contributed by atoms with Crippen molar-refractivity contribution in [3.05, 3.63) is 23.9 Å². The van der Waals surface area contributed by atoms with Crippen LogP contribution in [0.4, 0.5) is 5.82 Å². The van der Waals surface area contributed by atoms with Crippen molar-refractivity contribution in [3.8, 4) is 0 Å². The summed E-state index contributed by atoms with van der Waals surface area (Å²) in [4.78, 5) is 18.1. The zero-order valence-corrected chi connectivity index (χ0v) is 10.8. The number of carbonyl (C=O) groups excluding carboxylic acids is 1. The van der Waals surface area contributed by atoms with E-state index in [1.54, 1.807) is 13.1 Å². The number of piperazine rings is 1. The van der Waals surface area contributed by atoms with Gasteiger partial charge < -0.3 is 15.3 Å². The number of rotatable bonds is 3. The van der Waals surface area contributed by atoms with Gasteiger partial charge >= 0.3 is 0 Å². The van der Waals surface area contributed by atoms with Gasteiger partial charge in [-0.15, -0.1) is 0 Å². The van der Waals surface area contributed by atoms with Gasteiger partial charge in [0.1, 0.15) is 11.9 Å². The minimum Gasteiger partial charge on any atom is -0.389 e. The van der Waals surface area contributed by atoms with Crippen LogP contribution < -0.4 is 10.2 Å². The van der Waals surface area contributed by atoms with E-state index in [1.807, 2.05) is 24.0 Å². The van der Waals surface area contributed by atoms with E-state index in [2.05, 4.69) is 10.3 Å². The number of aliphatic hydroxyl groups is 1. The highest BCUT2D eigenvalue weighted by molar-refractivity contribution is 5.86. The summed E-state index contributed by atoms with van der Waals surface area (Å²) in [7, 11) is 0. The number of hydrogen-bond donors (Lipinski definition) is 2. The second-order valence-electron chi connectivity index (χ2n) is 4.53. The lowest BCUT2D eigenvalue weighted by molar-refractivity contribution is -0.123. The summed E-state index contributed by atoms with van der Waals surface area (Å²) < 4.78 is 0. The molecule has 5 heteroatoms. The van der Waals surface area contributed by atoms with Crippen molar-refractivity contribution in [1.82, 2.24) is 10.3 Å². The molecule has 2 atom stereocenters. The molecule has 18 heavy (non-hydrogen) atoms. The molecule has 0 aliphatic carbocycles. The molecule has 2 N–H and O–H groups in total. The number of anilines is 1. The summed E-state index contributed by atoms with van der Waals surface area (Å²) in [6, 6.07) is 3.57. The number of pyridine rings is 1. The average Bonchev–Trinajstić information content (AvgIpc) is 2.38. The predicted octanol–water partition coefficient (Wildman–Crippen LogP) is 0.850. The minimum absolute atomic E-state index is 0.0603. The molecular weight excluding hydrogens is 230 g/mol. The maximum atomic E-state index is 11.8. The Morgan fingerprint density at radius 3 is 2.94 bits per heavy atom. The van der Waals surface area contributed by atoms with Gasteiger partial charge in [0.2, 0.25) is 5.91 Å². The summed E-state index contributed by atoms with van der Waals surface area (Å²) in [6.45, 7) is 5.12. The molecule has 1 fully saturated rings. The molecule has 98 valence electrons. The molecular formula is C13H19N3O2. The standard InChI is InChI=1S/C13H19N3O2/c1-3-11-13(18)14-6-7-16(11)12-5-4-10(8-15-12)9(2)17/h4-5,8-9,11,17H,3,6-7H2,1-2H3,(H,14,18)/t9-,11?/m0/s1. The Morgan fingerprint density at radius 2 is 2.39 bits per heavy atom. The largest absolute Gasteiger partial charge is 0.389 e. The van der Waals surface area contributed by atoms with Gasteiger partial charge in [-0.05, 0) is 25.0 Å². The number of amides is 1. The Balaban J connectivity index is 2.21. The Hall–Kier alpha value is -1.62. The second kappa shape index (κ2) is 5.35. The Kier molecular flexibility index (Phi) is 3.81. The van der Waals surface area contributed by atoms with E-state index in [1.165, 1.54) is 0 Å². The molecule has 0 aromatic carbocycles. The van der Waals surface area contributed by atoms with E-state index in [-0.39, 0.29) is 11.9 Å². The zero-order chi connectivity index (χ0) is 13.1. The van der Waals surface area contributed by atoms with E-state index in [0.29, 0.717) is 6.54 Å². The smallest absolute Gasteiger partial charge is 0.242 e. The van der Waals surface area contributed by atoms with Crippen molar-refractivity contribution in [2.24, 2.45) is 0 Å². The summed E-state index contributed by atoms with van der Waals surface area (Å²) >= 11 is 0. The fourth-order valence-corrected chi connectivity index (χ4v) is 2.21. The lowest BCUT2D eigenvalue weighted by Crippen LogP contribution is -2.55. The molecule has 0 bridgehead atoms. The number of hydrogen-bond acceptors (Lipinski definition) is 4. The molecule has 1 aliphatic heterocycles. The quantitative estimate of drug-likeness (QED) is 0.833. The summed E-state index contributed by atoms with van der Waals surface area (Å²) in [5.74, 6) is 0.853. The first-order valence-electron chi connectivity index (χ1n) is 6.32. The summed E-state index contributed by atoms with van der Waals surface area (Å²) in [5.41, 5.74) is 0.785. The Morgan fingerprint density at radius 1 is 1.61 bits per heavy atom. The fraction of sp³-hybridized carbons (Fsp3) is 0.538. The van der Waals surface area contributed by atoms with E-state index >= 15 is 0 Å². The number of nitrogens with one attached hydrogen (secondary N) is 1. The molecule has 5 nitrogen and oxygen atoms in total. The molecule has 0 radical (unpaired) electrons. The monoisotopic (exact) mass is 249 g/mol. The van der Waals surface area contributed by atoms with Crippen LogP contribution in [0.2, 0.25) is 0 Å². The molecule has 0 spiro atoms. The number of carbonyl (C=O) groups is 1. The number of nitrogens with zero attached hydrogens (tertiary/aromatic N) is 2. The third-order valence-electron chi connectivity index (χ3n) is 3.26. The van der Waals surface area contributed by atoms with Gasteiger partial charge in [0.15, 0.2) is 0 Å². The molecule has 1 amide bonds. The third-order valence-corrected chi connectivity index (χ3v) is 3.26. The van der Waals surface area contributed by atoms with Gasteiger partial charge in [-0.25, -0.2) is 4.98 Å². The van der Waals surface area contributed by atoms with Crippen molar-refractivity contribution in [2.45, 2.75) is 32.4 Å². The Bertz CT molecular complexity index is 417. The first-order chi connectivity index (χ1) is 8.63. The first-order valence-corrected chi connectivity index (χ1v) is 6.32. The molecule has 1 aromatic heterocycles. The van der Waals surface area contributed by atoms with Crippen LogP contribution in [0.1, 0.15) is 31.9 Å². The van der Waals surface area contributed by atoms with Crippen molar-refractivity contribution < 1.29 is 9.90 Å². The molecule has 0 saturated carbocycles. The highest BCUT2D eigenvalue weighted by Gasteiger charge is 2.28. The highest BCUT2D eigenvalue weighted by atomic mass is 16.3. The maximum Gasteiger partial charge on any atom is 0.242 e. The number of aliphatic hydroxyl groups excluding tert-OH is 1. The highest BCUT2D eigenvalue weighted by Crippen LogP contribution is 2.20. The lowest BCUT2D eigenvalue weighted by atomic mass is 10.1. The van der Waals surface area contributed by atoms with E-state index in [0.717, 1.165) is 24.3 Å². The van der Waals surface area contributed by atoms with Gasteiger partial charge in [-0.2, -0.15) is 0 Å². The Labute approximate surface area is 107 Å². The summed E-state index contributed by atoms with van der Waals surface area (Å²) in [5, 5.41) is 12.3. The van der Waals surface area contributed by atoms with Gasteiger partial charge in [0.25, 0.3) is 0 Å². The van der Waals surface area contributed by atoms with Crippen molar-refractivity contribution >= 4 is 11.7 Å². The van der Waals surface area contributed by atoms with E-state index in [9.17, 15) is 9.90 Å². The van der Waals surface area contributed by atoms with Crippen LogP contribution in [0.3, 0.4) is 0 Å². The SMILES string of the molecule is CCC1C(=O)NCCN1c1ccc([C@H](C)O)cn1. The average molecular weight is 249 g/mol. The van der Waals surface area contributed by atoms with Crippen molar-refractivity contribution in [1.29, 1.82) is 0 Å². The summed E-state index contributed by atoms with van der Waals surface area (Å²) in [6.07, 6.45) is 1.91.